The molecule has 2 aromatic heterocycles. The third-order valence-corrected chi connectivity index (χ3v) is 6.56. The second-order valence-corrected chi connectivity index (χ2v) is 9.18. The van der Waals surface area contributed by atoms with Crippen molar-refractivity contribution in [1.82, 2.24) is 30.1 Å². The molecule has 0 saturated carbocycles. The molecule has 2 aromatic carbocycles. The number of tetrazole rings is 1. The van der Waals surface area contributed by atoms with E-state index in [0.29, 0.717) is 38.3 Å². The minimum Gasteiger partial charge on any atom is -0.496 e. The van der Waals surface area contributed by atoms with Gasteiger partial charge in [0.25, 0.3) is 5.56 Å². The summed E-state index contributed by atoms with van der Waals surface area (Å²) in [6, 6.07) is 15.5. The summed E-state index contributed by atoms with van der Waals surface area (Å²) in [5.74, 6) is 2.29. The van der Waals surface area contributed by atoms with E-state index in [2.05, 4.69) is 25.4 Å². The van der Waals surface area contributed by atoms with E-state index in [4.69, 9.17) is 14.2 Å². The lowest BCUT2D eigenvalue weighted by Crippen LogP contribution is -2.29. The van der Waals surface area contributed by atoms with Crippen molar-refractivity contribution in [3.63, 3.8) is 0 Å². The summed E-state index contributed by atoms with van der Waals surface area (Å²) >= 11 is 0. The van der Waals surface area contributed by atoms with Crippen LogP contribution in [0.5, 0.6) is 11.5 Å². The molecule has 0 aliphatic carbocycles. The molecule has 1 fully saturated rings. The van der Waals surface area contributed by atoms with E-state index < -0.39 is 0 Å². The van der Waals surface area contributed by atoms with Crippen LogP contribution in [-0.4, -0.2) is 56.5 Å². The first-order valence-corrected chi connectivity index (χ1v) is 12.6. The lowest BCUT2D eigenvalue weighted by atomic mass is 10.1. The Morgan fingerprint density at radius 1 is 1.14 bits per heavy atom. The number of hydrogen-bond acceptors (Lipinski definition) is 8. The minimum atomic E-state index is -0.124. The van der Waals surface area contributed by atoms with Crippen LogP contribution >= 0.6 is 0 Å². The van der Waals surface area contributed by atoms with E-state index in [1.807, 2.05) is 60.1 Å². The lowest BCUT2D eigenvalue weighted by Gasteiger charge is -2.23. The lowest BCUT2D eigenvalue weighted by molar-refractivity contribution is 0.0914. The van der Waals surface area contributed by atoms with Crippen LogP contribution in [0.25, 0.3) is 10.9 Å². The molecule has 0 bridgehead atoms. The number of rotatable bonds is 11. The van der Waals surface area contributed by atoms with E-state index in [9.17, 15) is 4.79 Å². The van der Waals surface area contributed by atoms with Gasteiger partial charge in [0.1, 0.15) is 11.5 Å². The van der Waals surface area contributed by atoms with Gasteiger partial charge >= 0.3 is 0 Å². The fraction of sp³-hybridized carbons (Fsp3) is 0.407. The van der Waals surface area contributed by atoms with Gasteiger partial charge in [0.15, 0.2) is 5.82 Å². The molecular weight excluding hydrogens is 472 g/mol. The molecule has 1 N–H and O–H groups in total. The van der Waals surface area contributed by atoms with Crippen LogP contribution in [0.4, 0.5) is 0 Å². The average Bonchev–Trinajstić information content (AvgIpc) is 3.58. The highest BCUT2D eigenvalue weighted by Crippen LogP contribution is 2.23. The van der Waals surface area contributed by atoms with Crippen molar-refractivity contribution >= 4 is 10.9 Å². The van der Waals surface area contributed by atoms with E-state index >= 15 is 0 Å². The molecule has 1 aliphatic heterocycles. The normalized spacial score (nSPS) is 15.5. The first-order valence-electron chi connectivity index (χ1n) is 12.6. The summed E-state index contributed by atoms with van der Waals surface area (Å²) in [5.41, 5.74) is 2.31. The summed E-state index contributed by atoms with van der Waals surface area (Å²) < 4.78 is 18.8. The number of benzene rings is 2. The van der Waals surface area contributed by atoms with Crippen LogP contribution in [0.1, 0.15) is 36.7 Å². The van der Waals surface area contributed by atoms with Crippen molar-refractivity contribution in [2.24, 2.45) is 0 Å². The van der Waals surface area contributed by atoms with Crippen LogP contribution in [0.15, 0.2) is 53.3 Å². The van der Waals surface area contributed by atoms with Gasteiger partial charge in [-0.3, -0.25) is 9.69 Å². The van der Waals surface area contributed by atoms with Crippen LogP contribution in [0.2, 0.25) is 0 Å². The number of hydrogen-bond donors (Lipinski definition) is 1. The first-order chi connectivity index (χ1) is 18.1. The number of ether oxygens (including phenoxy) is 3. The van der Waals surface area contributed by atoms with Gasteiger partial charge in [-0.25, -0.2) is 4.68 Å². The predicted molar refractivity (Wildman–Crippen MR) is 138 cm³/mol. The fourth-order valence-electron chi connectivity index (χ4n) is 4.75. The Morgan fingerprint density at radius 2 is 2.00 bits per heavy atom. The molecule has 3 heterocycles. The highest BCUT2D eigenvalue weighted by atomic mass is 16.5. The molecule has 194 valence electrons. The molecule has 5 rings (SSSR count). The zero-order valence-electron chi connectivity index (χ0n) is 21.2. The monoisotopic (exact) mass is 504 g/mol. The Kier molecular flexibility index (Phi) is 7.76. The number of nitrogens with zero attached hydrogens (tertiary/aromatic N) is 5. The first kappa shape index (κ1) is 24.9. The number of methoxy groups -OCH3 is 1. The van der Waals surface area contributed by atoms with Crippen molar-refractivity contribution < 1.29 is 14.2 Å². The van der Waals surface area contributed by atoms with E-state index in [-0.39, 0.29) is 11.7 Å². The van der Waals surface area contributed by atoms with Crippen LogP contribution < -0.4 is 15.0 Å². The molecule has 37 heavy (non-hydrogen) atoms. The fourth-order valence-corrected chi connectivity index (χ4v) is 4.75. The smallest absolute Gasteiger partial charge is 0.252 e. The topological polar surface area (TPSA) is 107 Å². The van der Waals surface area contributed by atoms with Crippen molar-refractivity contribution in [3.8, 4) is 11.5 Å². The molecule has 1 saturated heterocycles. The number of fused-ring (bicyclic) bond motifs is 1. The number of H-pyrrole nitrogens is 1. The maximum Gasteiger partial charge on any atom is 0.252 e. The summed E-state index contributed by atoms with van der Waals surface area (Å²) in [6.45, 7) is 5.32. The average molecular weight is 505 g/mol. The standard InChI is InChI=1S/C27H32N6O4/c1-3-36-22-10-11-24-20(14-22)13-21(27(34)28-24)16-32(15-19-7-4-5-9-25(19)35-2)18-26-29-30-31-33(26)17-23-8-6-12-37-23/h4-5,7,9-11,13-14,23H,3,6,8,12,15-18H2,1-2H3,(H,28,34). The number of aromatic nitrogens is 5. The molecule has 1 aliphatic rings. The third kappa shape index (κ3) is 5.98. The molecule has 4 aromatic rings. The maximum absolute atomic E-state index is 13.1. The van der Waals surface area contributed by atoms with Gasteiger partial charge in [-0.2, -0.15) is 0 Å². The van der Waals surface area contributed by atoms with Gasteiger partial charge in [0.2, 0.25) is 0 Å². The van der Waals surface area contributed by atoms with Crippen molar-refractivity contribution in [2.75, 3.05) is 20.3 Å². The van der Waals surface area contributed by atoms with Crippen molar-refractivity contribution in [1.29, 1.82) is 0 Å². The van der Waals surface area contributed by atoms with Gasteiger partial charge in [0.05, 0.1) is 32.9 Å². The highest BCUT2D eigenvalue weighted by Gasteiger charge is 2.21. The molecular formula is C27H32N6O4. The molecule has 0 spiro atoms. The van der Waals surface area contributed by atoms with Gasteiger partial charge in [-0.1, -0.05) is 18.2 Å². The number of para-hydroxylation sites is 1. The predicted octanol–water partition coefficient (Wildman–Crippen LogP) is 3.30. The van der Waals surface area contributed by atoms with Gasteiger partial charge in [-0.15, -0.1) is 5.10 Å². The van der Waals surface area contributed by atoms with Gasteiger partial charge in [0, 0.05) is 41.7 Å². The molecule has 10 heteroatoms. The molecule has 1 unspecified atom stereocenters. The Hall–Kier alpha value is -3.76. The zero-order chi connectivity index (χ0) is 25.6. The van der Waals surface area contributed by atoms with E-state index in [1.54, 1.807) is 7.11 Å². The largest absolute Gasteiger partial charge is 0.496 e. The molecule has 0 radical (unpaired) electrons. The van der Waals surface area contributed by atoms with Crippen molar-refractivity contribution in [3.05, 3.63) is 75.8 Å². The van der Waals surface area contributed by atoms with E-state index in [1.165, 1.54) is 0 Å². The zero-order valence-corrected chi connectivity index (χ0v) is 21.2. The van der Waals surface area contributed by atoms with Crippen LogP contribution in [0, 0.1) is 0 Å². The quantitative estimate of drug-likeness (QED) is 0.332. The summed E-state index contributed by atoms with van der Waals surface area (Å²) in [6.07, 6.45) is 2.17. The SMILES string of the molecule is CCOc1ccc2[nH]c(=O)c(CN(Cc3ccccc3OC)Cc3nnnn3CC3CCCO3)cc2c1. The van der Waals surface area contributed by atoms with E-state index in [0.717, 1.165) is 53.2 Å². The second-order valence-electron chi connectivity index (χ2n) is 9.18. The Labute approximate surface area is 215 Å². The second kappa shape index (κ2) is 11.5. The summed E-state index contributed by atoms with van der Waals surface area (Å²) in [4.78, 5) is 18.2. The molecule has 0 amide bonds. The van der Waals surface area contributed by atoms with Crippen LogP contribution in [-0.2, 0) is 30.9 Å². The highest BCUT2D eigenvalue weighted by molar-refractivity contribution is 5.80. The number of pyridine rings is 1. The maximum atomic E-state index is 13.1. The van der Waals surface area contributed by atoms with Crippen LogP contribution in [0.3, 0.4) is 0 Å². The molecule has 10 nitrogen and oxygen atoms in total. The Bertz CT molecular complexity index is 1400. The summed E-state index contributed by atoms with van der Waals surface area (Å²) in [5, 5.41) is 13.4. The third-order valence-electron chi connectivity index (χ3n) is 6.56. The van der Waals surface area contributed by atoms with Crippen molar-refractivity contribution in [2.45, 2.75) is 52.0 Å². The number of aromatic amines is 1. The van der Waals surface area contributed by atoms with Gasteiger partial charge < -0.3 is 19.2 Å². The van der Waals surface area contributed by atoms with Gasteiger partial charge in [-0.05, 0) is 60.5 Å². The Balaban J connectivity index is 1.45. The number of nitrogens with one attached hydrogen (secondary N) is 1. The molecule has 1 atom stereocenters. The minimum absolute atomic E-state index is 0.118. The Morgan fingerprint density at radius 3 is 2.81 bits per heavy atom. The summed E-state index contributed by atoms with van der Waals surface area (Å²) in [7, 11) is 1.66.